The number of H-pyrrole nitrogens is 1. The van der Waals surface area contributed by atoms with Crippen LogP contribution in [0.1, 0.15) is 32.0 Å². The van der Waals surface area contributed by atoms with Crippen molar-refractivity contribution in [3.8, 4) is 0 Å². The molecule has 0 aliphatic carbocycles. The van der Waals surface area contributed by atoms with Gasteiger partial charge in [-0.05, 0) is 20.0 Å². The molecule has 0 saturated carbocycles. The van der Waals surface area contributed by atoms with Crippen molar-refractivity contribution < 1.29 is 0 Å². The van der Waals surface area contributed by atoms with Crippen molar-refractivity contribution in [1.29, 1.82) is 0 Å². The van der Waals surface area contributed by atoms with Crippen molar-refractivity contribution in [1.82, 2.24) is 14.9 Å². The smallest absolute Gasteiger partial charge is 0.252 e. The maximum absolute atomic E-state index is 11.7. The Bertz CT molecular complexity index is 455. The second-order valence-electron chi connectivity index (χ2n) is 5.29. The molecule has 2 rings (SSSR count). The SMILES string of the molecule is CC(C)c1nc(N2CCCN(C)CC2)cc(=O)[nH]1. The first-order valence-corrected chi connectivity index (χ1v) is 6.61. The van der Waals surface area contributed by atoms with E-state index in [4.69, 9.17) is 0 Å². The Balaban J connectivity index is 2.24. The maximum atomic E-state index is 11.7. The van der Waals surface area contributed by atoms with Crippen LogP contribution in [0.3, 0.4) is 0 Å². The van der Waals surface area contributed by atoms with Crippen LogP contribution >= 0.6 is 0 Å². The van der Waals surface area contributed by atoms with Crippen LogP contribution in [0.15, 0.2) is 10.9 Å². The zero-order chi connectivity index (χ0) is 13.1. The Labute approximate surface area is 108 Å². The van der Waals surface area contributed by atoms with Gasteiger partial charge in [0, 0.05) is 31.6 Å². The predicted molar refractivity (Wildman–Crippen MR) is 73.3 cm³/mol. The molecule has 1 aliphatic heterocycles. The van der Waals surface area contributed by atoms with Crippen molar-refractivity contribution in [2.24, 2.45) is 0 Å². The minimum absolute atomic E-state index is 0.0544. The number of rotatable bonds is 2. The highest BCUT2D eigenvalue weighted by atomic mass is 16.1. The summed E-state index contributed by atoms with van der Waals surface area (Å²) in [4.78, 5) is 23.6. The lowest BCUT2D eigenvalue weighted by Crippen LogP contribution is -2.31. The average Bonchev–Trinajstić information content (AvgIpc) is 2.53. The minimum Gasteiger partial charge on any atom is -0.355 e. The number of anilines is 1. The summed E-state index contributed by atoms with van der Waals surface area (Å²) in [6.07, 6.45) is 1.11. The van der Waals surface area contributed by atoms with Gasteiger partial charge < -0.3 is 14.8 Å². The lowest BCUT2D eigenvalue weighted by molar-refractivity contribution is 0.360. The lowest BCUT2D eigenvalue weighted by Gasteiger charge is -2.22. The Morgan fingerprint density at radius 3 is 2.78 bits per heavy atom. The van der Waals surface area contributed by atoms with Gasteiger partial charge in [-0.2, -0.15) is 0 Å². The summed E-state index contributed by atoms with van der Waals surface area (Å²) in [6, 6.07) is 1.61. The van der Waals surface area contributed by atoms with Gasteiger partial charge in [-0.15, -0.1) is 0 Å². The highest BCUT2D eigenvalue weighted by molar-refractivity contribution is 5.38. The first-order valence-electron chi connectivity index (χ1n) is 6.61. The molecule has 5 nitrogen and oxygen atoms in total. The van der Waals surface area contributed by atoms with Gasteiger partial charge in [0.05, 0.1) is 0 Å². The molecule has 1 N–H and O–H groups in total. The van der Waals surface area contributed by atoms with E-state index in [2.05, 4.69) is 26.8 Å². The standard InChI is InChI=1S/C13H22N4O/c1-10(2)13-14-11(9-12(18)15-13)17-6-4-5-16(3)7-8-17/h9-10H,4-8H2,1-3H3,(H,14,15,18). The van der Waals surface area contributed by atoms with E-state index in [1.54, 1.807) is 6.07 Å². The summed E-state index contributed by atoms with van der Waals surface area (Å²) in [5.74, 6) is 1.83. The fourth-order valence-electron chi connectivity index (χ4n) is 2.17. The number of hydrogen-bond acceptors (Lipinski definition) is 4. The Morgan fingerprint density at radius 2 is 2.06 bits per heavy atom. The zero-order valence-electron chi connectivity index (χ0n) is 11.4. The first-order chi connectivity index (χ1) is 8.56. The molecule has 5 heteroatoms. The Morgan fingerprint density at radius 1 is 1.28 bits per heavy atom. The van der Waals surface area contributed by atoms with E-state index in [-0.39, 0.29) is 11.5 Å². The minimum atomic E-state index is -0.0544. The van der Waals surface area contributed by atoms with Gasteiger partial charge in [0.1, 0.15) is 11.6 Å². The molecule has 0 amide bonds. The molecule has 0 radical (unpaired) electrons. The first kappa shape index (κ1) is 13.1. The monoisotopic (exact) mass is 250 g/mol. The molecule has 2 heterocycles. The van der Waals surface area contributed by atoms with Crippen molar-refractivity contribution in [2.75, 3.05) is 38.1 Å². The van der Waals surface area contributed by atoms with Gasteiger partial charge in [0.2, 0.25) is 0 Å². The number of aromatic amines is 1. The van der Waals surface area contributed by atoms with Crippen molar-refractivity contribution in [2.45, 2.75) is 26.2 Å². The van der Waals surface area contributed by atoms with E-state index >= 15 is 0 Å². The van der Waals surface area contributed by atoms with E-state index in [1.165, 1.54) is 0 Å². The van der Waals surface area contributed by atoms with Crippen LogP contribution < -0.4 is 10.5 Å². The topological polar surface area (TPSA) is 52.2 Å². The highest BCUT2D eigenvalue weighted by Crippen LogP contribution is 2.14. The summed E-state index contributed by atoms with van der Waals surface area (Å²) in [6.45, 7) is 8.11. The lowest BCUT2D eigenvalue weighted by atomic mass is 10.2. The number of hydrogen-bond donors (Lipinski definition) is 1. The molecular weight excluding hydrogens is 228 g/mol. The molecule has 1 aliphatic rings. The van der Waals surface area contributed by atoms with Crippen LogP contribution in [0.5, 0.6) is 0 Å². The summed E-state index contributed by atoms with van der Waals surface area (Å²) in [5.41, 5.74) is -0.0544. The van der Waals surface area contributed by atoms with E-state index in [0.717, 1.165) is 44.2 Å². The molecule has 0 spiro atoms. The summed E-state index contributed by atoms with van der Waals surface area (Å²) in [7, 11) is 2.13. The van der Waals surface area contributed by atoms with Crippen molar-refractivity contribution in [3.05, 3.63) is 22.2 Å². The van der Waals surface area contributed by atoms with Gasteiger partial charge in [0.25, 0.3) is 5.56 Å². The fourth-order valence-corrected chi connectivity index (χ4v) is 2.17. The predicted octanol–water partition coefficient (Wildman–Crippen LogP) is 1.04. The van der Waals surface area contributed by atoms with E-state index < -0.39 is 0 Å². The van der Waals surface area contributed by atoms with Crippen molar-refractivity contribution in [3.63, 3.8) is 0 Å². The molecule has 0 bridgehead atoms. The second-order valence-corrected chi connectivity index (χ2v) is 5.29. The number of likely N-dealkylation sites (N-methyl/N-ethyl adjacent to an activating group) is 1. The molecule has 1 saturated heterocycles. The van der Waals surface area contributed by atoms with Gasteiger partial charge in [-0.3, -0.25) is 4.79 Å². The molecule has 100 valence electrons. The molecular formula is C13H22N4O. The largest absolute Gasteiger partial charge is 0.355 e. The summed E-state index contributed by atoms with van der Waals surface area (Å²) in [5, 5.41) is 0. The molecule has 0 unspecified atom stereocenters. The van der Waals surface area contributed by atoms with Gasteiger partial charge >= 0.3 is 0 Å². The van der Waals surface area contributed by atoms with E-state index in [1.807, 2.05) is 13.8 Å². The van der Waals surface area contributed by atoms with E-state index in [0.29, 0.717) is 0 Å². The average molecular weight is 250 g/mol. The van der Waals surface area contributed by atoms with Gasteiger partial charge in [-0.1, -0.05) is 13.8 Å². The van der Waals surface area contributed by atoms with Crippen LogP contribution in [0.2, 0.25) is 0 Å². The number of aromatic nitrogens is 2. The molecule has 1 aromatic rings. The quantitative estimate of drug-likeness (QED) is 0.852. The van der Waals surface area contributed by atoms with Crippen LogP contribution in [-0.2, 0) is 0 Å². The molecule has 0 atom stereocenters. The normalized spacial score (nSPS) is 18.1. The van der Waals surface area contributed by atoms with E-state index in [9.17, 15) is 4.79 Å². The second kappa shape index (κ2) is 5.52. The number of nitrogens with zero attached hydrogens (tertiary/aromatic N) is 3. The van der Waals surface area contributed by atoms with Crippen LogP contribution in [0.25, 0.3) is 0 Å². The number of nitrogens with one attached hydrogen (secondary N) is 1. The third-order valence-electron chi connectivity index (χ3n) is 3.34. The fraction of sp³-hybridized carbons (Fsp3) is 0.692. The highest BCUT2D eigenvalue weighted by Gasteiger charge is 2.15. The molecule has 18 heavy (non-hydrogen) atoms. The van der Waals surface area contributed by atoms with Gasteiger partial charge in [0.15, 0.2) is 0 Å². The van der Waals surface area contributed by atoms with Crippen molar-refractivity contribution >= 4 is 5.82 Å². The third kappa shape index (κ3) is 3.10. The molecule has 1 aromatic heterocycles. The van der Waals surface area contributed by atoms with Crippen LogP contribution in [0, 0.1) is 0 Å². The van der Waals surface area contributed by atoms with Gasteiger partial charge in [-0.25, -0.2) is 4.98 Å². The Hall–Kier alpha value is -1.36. The zero-order valence-corrected chi connectivity index (χ0v) is 11.4. The summed E-state index contributed by atoms with van der Waals surface area (Å²) < 4.78 is 0. The molecule has 0 aromatic carbocycles. The molecule has 1 fully saturated rings. The van der Waals surface area contributed by atoms with Crippen LogP contribution in [0.4, 0.5) is 5.82 Å². The summed E-state index contributed by atoms with van der Waals surface area (Å²) >= 11 is 0. The maximum Gasteiger partial charge on any atom is 0.252 e. The van der Waals surface area contributed by atoms with Crippen LogP contribution in [-0.4, -0.2) is 48.1 Å². The third-order valence-corrected chi connectivity index (χ3v) is 3.34. The Kier molecular flexibility index (Phi) is 4.01.